The highest BCUT2D eigenvalue weighted by atomic mass is 16.1. The predicted octanol–water partition coefficient (Wildman–Crippen LogP) is 0.833. The number of carbonyl (C=O) groups is 1. The molecule has 19 heavy (non-hydrogen) atoms. The normalized spacial score (nSPS) is 14.1. The van der Waals surface area contributed by atoms with Gasteiger partial charge < -0.3 is 15.6 Å². The molecule has 1 amide bonds. The van der Waals surface area contributed by atoms with Crippen LogP contribution in [-0.4, -0.2) is 27.0 Å². The van der Waals surface area contributed by atoms with Gasteiger partial charge in [0.1, 0.15) is 0 Å². The van der Waals surface area contributed by atoms with Gasteiger partial charge in [0.05, 0.1) is 17.0 Å². The standard InChI is InChI=1S/C13H15N5O/c1-2-18-10-4-6-15-12(19)8(10)7-11(18)9-3-5-16-13(14)17-9/h3,5,7H,2,4,6H2,1H3,(H,15,19)(H2,14,16,17). The van der Waals surface area contributed by atoms with Gasteiger partial charge >= 0.3 is 0 Å². The van der Waals surface area contributed by atoms with E-state index in [1.807, 2.05) is 6.07 Å². The summed E-state index contributed by atoms with van der Waals surface area (Å²) in [7, 11) is 0. The predicted molar refractivity (Wildman–Crippen MR) is 71.6 cm³/mol. The summed E-state index contributed by atoms with van der Waals surface area (Å²) in [5.74, 6) is 0.223. The van der Waals surface area contributed by atoms with E-state index in [-0.39, 0.29) is 11.9 Å². The minimum absolute atomic E-state index is 0.0169. The summed E-state index contributed by atoms with van der Waals surface area (Å²) in [6.07, 6.45) is 2.47. The van der Waals surface area contributed by atoms with Gasteiger partial charge in [-0.1, -0.05) is 0 Å². The summed E-state index contributed by atoms with van der Waals surface area (Å²) < 4.78 is 2.12. The maximum atomic E-state index is 11.9. The highest BCUT2D eigenvalue weighted by Gasteiger charge is 2.23. The van der Waals surface area contributed by atoms with Gasteiger partial charge in [0, 0.05) is 31.4 Å². The van der Waals surface area contributed by atoms with Crippen molar-refractivity contribution in [1.82, 2.24) is 19.9 Å². The highest BCUT2D eigenvalue weighted by molar-refractivity contribution is 5.97. The number of anilines is 1. The molecule has 1 aliphatic rings. The molecule has 3 rings (SSSR count). The van der Waals surface area contributed by atoms with Crippen LogP contribution in [0.15, 0.2) is 18.3 Å². The van der Waals surface area contributed by atoms with E-state index < -0.39 is 0 Å². The minimum atomic E-state index is -0.0169. The number of aromatic nitrogens is 3. The molecule has 0 saturated carbocycles. The monoisotopic (exact) mass is 257 g/mol. The molecule has 0 bridgehead atoms. The number of carbonyl (C=O) groups excluding carboxylic acids is 1. The molecule has 0 aliphatic carbocycles. The molecule has 0 radical (unpaired) electrons. The third-order valence-corrected chi connectivity index (χ3v) is 3.35. The largest absolute Gasteiger partial charge is 0.368 e. The average molecular weight is 257 g/mol. The van der Waals surface area contributed by atoms with Gasteiger partial charge in [-0.25, -0.2) is 9.97 Å². The second kappa shape index (κ2) is 4.38. The Balaban J connectivity index is 2.19. The van der Waals surface area contributed by atoms with Crippen LogP contribution in [0.1, 0.15) is 23.0 Å². The van der Waals surface area contributed by atoms with Crippen LogP contribution in [-0.2, 0) is 13.0 Å². The number of hydrogen-bond donors (Lipinski definition) is 2. The SMILES string of the molecule is CCn1c(-c2ccnc(N)n2)cc2c1CCNC2=O. The molecule has 6 nitrogen and oxygen atoms in total. The van der Waals surface area contributed by atoms with Crippen molar-refractivity contribution in [2.45, 2.75) is 19.9 Å². The van der Waals surface area contributed by atoms with E-state index in [0.29, 0.717) is 6.54 Å². The van der Waals surface area contributed by atoms with Crippen LogP contribution in [0.2, 0.25) is 0 Å². The van der Waals surface area contributed by atoms with Crippen molar-refractivity contribution in [2.75, 3.05) is 12.3 Å². The summed E-state index contributed by atoms with van der Waals surface area (Å²) in [6, 6.07) is 3.69. The van der Waals surface area contributed by atoms with Crippen LogP contribution < -0.4 is 11.1 Å². The Morgan fingerprint density at radius 1 is 1.53 bits per heavy atom. The van der Waals surface area contributed by atoms with Crippen LogP contribution in [0.25, 0.3) is 11.4 Å². The second-order valence-electron chi connectivity index (χ2n) is 4.44. The van der Waals surface area contributed by atoms with Gasteiger partial charge in [0.2, 0.25) is 5.95 Å². The van der Waals surface area contributed by atoms with E-state index >= 15 is 0 Å². The summed E-state index contributed by atoms with van der Waals surface area (Å²) in [4.78, 5) is 20.0. The van der Waals surface area contributed by atoms with Gasteiger partial charge in [-0.15, -0.1) is 0 Å². The quantitative estimate of drug-likeness (QED) is 0.834. The maximum Gasteiger partial charge on any atom is 0.253 e. The smallest absolute Gasteiger partial charge is 0.253 e. The van der Waals surface area contributed by atoms with Gasteiger partial charge in [-0.05, 0) is 19.1 Å². The lowest BCUT2D eigenvalue weighted by Gasteiger charge is -2.16. The van der Waals surface area contributed by atoms with Crippen molar-refractivity contribution >= 4 is 11.9 Å². The van der Waals surface area contributed by atoms with E-state index in [2.05, 4.69) is 26.8 Å². The Hall–Kier alpha value is -2.37. The number of fused-ring (bicyclic) bond motifs is 1. The fourth-order valence-corrected chi connectivity index (χ4v) is 2.53. The van der Waals surface area contributed by atoms with E-state index in [0.717, 1.165) is 35.6 Å². The van der Waals surface area contributed by atoms with Crippen LogP contribution in [0.4, 0.5) is 5.95 Å². The van der Waals surface area contributed by atoms with E-state index in [4.69, 9.17) is 5.73 Å². The molecule has 0 aromatic carbocycles. The summed E-state index contributed by atoms with van der Waals surface area (Å²) in [5.41, 5.74) is 9.09. The molecule has 0 spiro atoms. The Bertz CT molecular complexity index is 646. The van der Waals surface area contributed by atoms with Crippen LogP contribution in [0.5, 0.6) is 0 Å². The van der Waals surface area contributed by atoms with Crippen molar-refractivity contribution in [1.29, 1.82) is 0 Å². The van der Waals surface area contributed by atoms with Crippen LogP contribution in [0, 0.1) is 0 Å². The molecule has 0 fully saturated rings. The third kappa shape index (κ3) is 1.85. The number of nitrogens with two attached hydrogens (primary N) is 1. The van der Waals surface area contributed by atoms with E-state index in [9.17, 15) is 4.79 Å². The molecule has 6 heteroatoms. The topological polar surface area (TPSA) is 85.8 Å². The molecule has 0 saturated heterocycles. The lowest BCUT2D eigenvalue weighted by Crippen LogP contribution is -2.32. The fraction of sp³-hybridized carbons (Fsp3) is 0.308. The summed E-state index contributed by atoms with van der Waals surface area (Å²) in [5, 5.41) is 2.86. The van der Waals surface area contributed by atoms with Gasteiger partial charge in [0.15, 0.2) is 0 Å². The molecule has 2 aromatic rings. The maximum absolute atomic E-state index is 11.9. The van der Waals surface area contributed by atoms with E-state index in [1.165, 1.54) is 0 Å². The average Bonchev–Trinajstić information content (AvgIpc) is 2.79. The first-order valence-electron chi connectivity index (χ1n) is 6.30. The van der Waals surface area contributed by atoms with E-state index in [1.54, 1.807) is 12.3 Å². The van der Waals surface area contributed by atoms with Crippen LogP contribution in [0.3, 0.4) is 0 Å². The Morgan fingerprint density at radius 2 is 2.37 bits per heavy atom. The van der Waals surface area contributed by atoms with Crippen molar-refractivity contribution in [3.8, 4) is 11.4 Å². The number of nitrogens with zero attached hydrogens (tertiary/aromatic N) is 3. The zero-order chi connectivity index (χ0) is 13.4. The molecular weight excluding hydrogens is 242 g/mol. The highest BCUT2D eigenvalue weighted by Crippen LogP contribution is 2.27. The lowest BCUT2D eigenvalue weighted by atomic mass is 10.1. The molecule has 0 unspecified atom stereocenters. The molecule has 1 aliphatic heterocycles. The zero-order valence-corrected chi connectivity index (χ0v) is 10.7. The van der Waals surface area contributed by atoms with Crippen molar-refractivity contribution in [3.05, 3.63) is 29.6 Å². The van der Waals surface area contributed by atoms with Crippen LogP contribution >= 0.6 is 0 Å². The Labute approximate surface area is 110 Å². The molecule has 3 heterocycles. The number of hydrogen-bond acceptors (Lipinski definition) is 4. The lowest BCUT2D eigenvalue weighted by molar-refractivity contribution is 0.0945. The zero-order valence-electron chi connectivity index (χ0n) is 10.7. The molecule has 2 aromatic heterocycles. The van der Waals surface area contributed by atoms with Gasteiger partial charge in [-0.2, -0.15) is 0 Å². The number of rotatable bonds is 2. The fourth-order valence-electron chi connectivity index (χ4n) is 2.53. The molecule has 0 atom stereocenters. The van der Waals surface area contributed by atoms with Crippen molar-refractivity contribution in [2.24, 2.45) is 0 Å². The van der Waals surface area contributed by atoms with Crippen molar-refractivity contribution in [3.63, 3.8) is 0 Å². The van der Waals surface area contributed by atoms with Gasteiger partial charge in [0.25, 0.3) is 5.91 Å². The van der Waals surface area contributed by atoms with Gasteiger partial charge in [-0.3, -0.25) is 4.79 Å². The summed E-state index contributed by atoms with van der Waals surface area (Å²) >= 11 is 0. The first-order valence-corrected chi connectivity index (χ1v) is 6.30. The molecule has 3 N–H and O–H groups in total. The number of amides is 1. The minimum Gasteiger partial charge on any atom is -0.368 e. The Kier molecular flexibility index (Phi) is 2.70. The number of nitrogens with one attached hydrogen (secondary N) is 1. The second-order valence-corrected chi connectivity index (χ2v) is 4.44. The third-order valence-electron chi connectivity index (χ3n) is 3.35. The first kappa shape index (κ1) is 11.7. The molecular formula is C13H15N5O. The first-order chi connectivity index (χ1) is 9.20. The number of nitrogen functional groups attached to an aromatic ring is 1. The molecule has 98 valence electrons. The Morgan fingerprint density at radius 3 is 3.11 bits per heavy atom. The summed E-state index contributed by atoms with van der Waals surface area (Å²) in [6.45, 7) is 3.53. The van der Waals surface area contributed by atoms with Crippen molar-refractivity contribution < 1.29 is 4.79 Å².